The maximum absolute atomic E-state index is 14.7. The summed E-state index contributed by atoms with van der Waals surface area (Å²) in [5, 5.41) is 10.7. The van der Waals surface area contributed by atoms with Crippen LogP contribution in [-0.2, 0) is 4.79 Å². The third-order valence-corrected chi connectivity index (χ3v) is 8.82. The number of carbonyl (C=O) groups excluding carboxylic acids is 2. The van der Waals surface area contributed by atoms with E-state index >= 15 is 0 Å². The summed E-state index contributed by atoms with van der Waals surface area (Å²) in [4.78, 5) is 47.6. The van der Waals surface area contributed by atoms with Crippen LogP contribution in [-0.4, -0.2) is 69.1 Å². The second-order valence-corrected chi connectivity index (χ2v) is 11.2. The molecule has 0 radical (unpaired) electrons. The number of halogens is 2. The Hall–Kier alpha value is -4.47. The Labute approximate surface area is 242 Å². The highest BCUT2D eigenvalue weighted by molar-refractivity contribution is 6.02. The second-order valence-electron chi connectivity index (χ2n) is 11.2. The Morgan fingerprint density at radius 3 is 2.17 bits per heavy atom. The van der Waals surface area contributed by atoms with Gasteiger partial charge in [0, 0.05) is 18.7 Å². The molecule has 4 heterocycles. The number of aliphatic carboxylic acids is 1. The van der Waals surface area contributed by atoms with Crippen LogP contribution in [0, 0.1) is 11.6 Å². The highest BCUT2D eigenvalue weighted by Gasteiger charge is 2.57. The van der Waals surface area contributed by atoms with Gasteiger partial charge in [0.05, 0.1) is 30.0 Å². The maximum Gasteiger partial charge on any atom is 0.331 e. The van der Waals surface area contributed by atoms with Crippen molar-refractivity contribution >= 4 is 29.4 Å². The Balaban J connectivity index is 1.34. The van der Waals surface area contributed by atoms with Gasteiger partial charge in [0.15, 0.2) is 5.54 Å². The number of carboxylic acids is 1. The van der Waals surface area contributed by atoms with Crippen molar-refractivity contribution in [3.63, 3.8) is 0 Å². The Morgan fingerprint density at radius 1 is 0.857 bits per heavy atom. The molecular weight excluding hydrogens is 542 g/mol. The Morgan fingerprint density at radius 2 is 1.52 bits per heavy atom. The topological polar surface area (TPSA) is 84.4 Å². The number of urea groups is 2. The van der Waals surface area contributed by atoms with Gasteiger partial charge in [-0.2, -0.15) is 0 Å². The molecule has 0 aliphatic carbocycles. The van der Waals surface area contributed by atoms with E-state index in [2.05, 4.69) is 0 Å². The van der Waals surface area contributed by atoms with Crippen molar-refractivity contribution in [2.24, 2.45) is 0 Å². The SMILES string of the molecule is O=C(N1CC2(C(=O)O)CCC[C@H]1CN2C(=O)N(c1ccccc1)c1ccccc1)N1CCC[C@H]1c1cc(F)ccc1F. The van der Waals surface area contributed by atoms with Gasteiger partial charge in [-0.1, -0.05) is 36.4 Å². The number of likely N-dealkylation sites (tertiary alicyclic amines) is 1. The lowest BCUT2D eigenvalue weighted by Gasteiger charge is -2.51. The Kier molecular flexibility index (Phi) is 7.30. The molecule has 1 unspecified atom stereocenters. The molecule has 0 saturated carbocycles. The summed E-state index contributed by atoms with van der Waals surface area (Å²) >= 11 is 0. The number of para-hydroxylation sites is 2. The lowest BCUT2D eigenvalue weighted by Crippen LogP contribution is -2.71. The molecule has 4 aliphatic heterocycles. The van der Waals surface area contributed by atoms with Crippen molar-refractivity contribution in [2.45, 2.75) is 49.7 Å². The van der Waals surface area contributed by atoms with E-state index in [4.69, 9.17) is 0 Å². The predicted octanol–water partition coefficient (Wildman–Crippen LogP) is 6.17. The van der Waals surface area contributed by atoms with Gasteiger partial charge in [-0.05, 0) is 74.6 Å². The first-order valence-electron chi connectivity index (χ1n) is 14.3. The molecular formula is C32H32F2N4O4. The van der Waals surface area contributed by atoms with Crippen LogP contribution in [0.2, 0.25) is 0 Å². The first-order chi connectivity index (χ1) is 20.3. The summed E-state index contributed by atoms with van der Waals surface area (Å²) in [6.45, 7) is 0.199. The average Bonchev–Trinajstić information content (AvgIpc) is 3.31. The second kappa shape index (κ2) is 11.1. The number of rotatable bonds is 4. The van der Waals surface area contributed by atoms with Gasteiger partial charge in [-0.15, -0.1) is 0 Å². The van der Waals surface area contributed by atoms with Gasteiger partial charge in [0.1, 0.15) is 11.6 Å². The van der Waals surface area contributed by atoms with E-state index in [-0.39, 0.29) is 25.1 Å². The molecule has 4 saturated heterocycles. The summed E-state index contributed by atoms with van der Waals surface area (Å²) < 4.78 is 28.8. The summed E-state index contributed by atoms with van der Waals surface area (Å²) in [5.41, 5.74) is -0.341. The molecule has 7 rings (SSSR count). The standard InChI is InChI=1S/C32H32F2N4O4/c33-22-15-16-27(34)26(19-22)28-14-8-18-35(28)30(41)36-21-32(29(39)40)17-7-13-25(36)20-37(32)31(42)38(23-9-3-1-4-10-23)24-11-5-2-6-12-24/h1-6,9-12,15-16,19,25,28H,7-8,13-14,17-18,20-21H2,(H,39,40)/t25-,28-,32?/m0/s1. The van der Waals surface area contributed by atoms with Crippen LogP contribution in [0.25, 0.3) is 0 Å². The molecule has 3 aromatic rings. The summed E-state index contributed by atoms with van der Waals surface area (Å²) in [6, 6.07) is 19.4. The van der Waals surface area contributed by atoms with Crippen LogP contribution in [0.5, 0.6) is 0 Å². The number of carboxylic acid groups (broad SMARTS) is 1. The number of benzene rings is 3. The lowest BCUT2D eigenvalue weighted by molar-refractivity contribution is -0.153. The fraction of sp³-hybridized carbons (Fsp3) is 0.344. The molecule has 8 nitrogen and oxygen atoms in total. The van der Waals surface area contributed by atoms with Crippen molar-refractivity contribution < 1.29 is 28.3 Å². The van der Waals surface area contributed by atoms with E-state index in [1.54, 1.807) is 29.2 Å². The van der Waals surface area contributed by atoms with E-state index in [0.29, 0.717) is 43.6 Å². The summed E-state index contributed by atoms with van der Waals surface area (Å²) in [7, 11) is 0. The van der Waals surface area contributed by atoms with E-state index in [0.717, 1.165) is 18.2 Å². The first kappa shape index (κ1) is 27.7. The van der Waals surface area contributed by atoms with E-state index in [9.17, 15) is 28.3 Å². The van der Waals surface area contributed by atoms with Crippen molar-refractivity contribution in [1.29, 1.82) is 0 Å². The van der Waals surface area contributed by atoms with Gasteiger partial charge >= 0.3 is 18.0 Å². The van der Waals surface area contributed by atoms with Crippen LogP contribution >= 0.6 is 0 Å². The molecule has 1 N–H and O–H groups in total. The predicted molar refractivity (Wildman–Crippen MR) is 152 cm³/mol. The highest BCUT2D eigenvalue weighted by Crippen LogP contribution is 2.41. The van der Waals surface area contributed by atoms with Crippen molar-refractivity contribution in [1.82, 2.24) is 14.7 Å². The van der Waals surface area contributed by atoms with E-state index in [1.807, 2.05) is 36.4 Å². The molecule has 0 aromatic heterocycles. The summed E-state index contributed by atoms with van der Waals surface area (Å²) in [6.07, 6.45) is 2.32. The van der Waals surface area contributed by atoms with Crippen molar-refractivity contribution in [3.8, 4) is 0 Å². The minimum atomic E-state index is -1.65. The van der Waals surface area contributed by atoms with E-state index in [1.165, 1.54) is 14.7 Å². The van der Waals surface area contributed by atoms with Gasteiger partial charge in [-0.25, -0.2) is 23.2 Å². The smallest absolute Gasteiger partial charge is 0.331 e. The van der Waals surface area contributed by atoms with Crippen molar-refractivity contribution in [2.75, 3.05) is 24.5 Å². The van der Waals surface area contributed by atoms with Crippen LogP contribution in [0.15, 0.2) is 78.9 Å². The largest absolute Gasteiger partial charge is 0.479 e. The number of hydrogen-bond acceptors (Lipinski definition) is 3. The number of piperazine rings is 1. The monoisotopic (exact) mass is 574 g/mol. The molecule has 10 heteroatoms. The van der Waals surface area contributed by atoms with Crippen LogP contribution in [0.1, 0.15) is 43.7 Å². The van der Waals surface area contributed by atoms with Crippen LogP contribution in [0.3, 0.4) is 0 Å². The minimum Gasteiger partial charge on any atom is -0.479 e. The third kappa shape index (κ3) is 4.74. The number of fused-ring (bicyclic) bond motifs is 4. The zero-order chi connectivity index (χ0) is 29.4. The third-order valence-electron chi connectivity index (χ3n) is 8.82. The first-order valence-corrected chi connectivity index (χ1v) is 14.3. The molecule has 4 fully saturated rings. The van der Waals surface area contributed by atoms with Crippen molar-refractivity contribution in [3.05, 3.63) is 96.1 Å². The number of amides is 4. The highest BCUT2D eigenvalue weighted by atomic mass is 19.1. The number of hydrogen-bond donors (Lipinski definition) is 1. The zero-order valence-corrected chi connectivity index (χ0v) is 23.0. The molecule has 3 atom stereocenters. The molecule has 0 spiro atoms. The van der Waals surface area contributed by atoms with Gasteiger partial charge in [-0.3, -0.25) is 4.90 Å². The number of carbonyl (C=O) groups is 3. The van der Waals surface area contributed by atoms with Gasteiger partial charge in [0.2, 0.25) is 0 Å². The van der Waals surface area contributed by atoms with Gasteiger partial charge < -0.3 is 19.8 Å². The van der Waals surface area contributed by atoms with Gasteiger partial charge in [0.25, 0.3) is 0 Å². The normalized spacial score (nSPS) is 23.5. The molecule has 3 aromatic carbocycles. The summed E-state index contributed by atoms with van der Waals surface area (Å²) in [5.74, 6) is -2.34. The maximum atomic E-state index is 14.7. The molecule has 4 aliphatic rings. The number of anilines is 2. The minimum absolute atomic E-state index is 0.0415. The molecule has 4 amide bonds. The Bertz CT molecular complexity index is 1450. The molecule has 42 heavy (non-hydrogen) atoms. The lowest BCUT2D eigenvalue weighted by atomic mass is 9.90. The fourth-order valence-corrected chi connectivity index (χ4v) is 6.75. The van der Waals surface area contributed by atoms with Crippen LogP contribution < -0.4 is 4.90 Å². The zero-order valence-electron chi connectivity index (χ0n) is 23.0. The average molecular weight is 575 g/mol. The quantitative estimate of drug-likeness (QED) is 0.404. The number of nitrogens with zero attached hydrogens (tertiary/aromatic N) is 4. The molecule has 218 valence electrons. The van der Waals surface area contributed by atoms with E-state index < -0.39 is 47.3 Å². The fourth-order valence-electron chi connectivity index (χ4n) is 6.75. The molecule has 2 bridgehead atoms. The van der Waals surface area contributed by atoms with Crippen LogP contribution in [0.4, 0.5) is 29.7 Å².